The maximum atomic E-state index is 13.7. The van der Waals surface area contributed by atoms with Gasteiger partial charge < -0.3 is 34.4 Å². The number of urea groups is 1. The molecule has 3 amide bonds. The first-order chi connectivity index (χ1) is 20.6. The highest BCUT2D eigenvalue weighted by Crippen LogP contribution is 2.37. The smallest absolute Gasteiger partial charge is 0.321 e. The zero-order valence-electron chi connectivity index (χ0n) is 24.0. The number of anilines is 2. The van der Waals surface area contributed by atoms with Gasteiger partial charge in [-0.1, -0.05) is 31.2 Å². The average molecular weight is 611 g/mol. The van der Waals surface area contributed by atoms with E-state index in [9.17, 15) is 23.1 Å². The normalized spacial score (nSPS) is 18.5. The largest absolute Gasteiger partial charge is 0.485 e. The number of ether oxygens (including phenoxy) is 3. The van der Waals surface area contributed by atoms with Crippen molar-refractivity contribution < 1.29 is 37.3 Å². The first-order valence-corrected chi connectivity index (χ1v) is 15.3. The van der Waals surface area contributed by atoms with Crippen LogP contribution in [0.2, 0.25) is 0 Å². The molecule has 3 atom stereocenters. The summed E-state index contributed by atoms with van der Waals surface area (Å²) in [5.74, 6) is 0.449. The van der Waals surface area contributed by atoms with E-state index in [1.807, 2.05) is 6.92 Å². The molecule has 0 saturated heterocycles. The quantitative estimate of drug-likeness (QED) is 0.351. The summed E-state index contributed by atoms with van der Waals surface area (Å²) in [6.07, 6.45) is -0.657. The summed E-state index contributed by atoms with van der Waals surface area (Å²) in [5, 5.41) is 12.8. The van der Waals surface area contributed by atoms with Crippen molar-refractivity contribution >= 4 is 33.3 Å². The molecule has 43 heavy (non-hydrogen) atoms. The van der Waals surface area contributed by atoms with Gasteiger partial charge in [0, 0.05) is 31.3 Å². The van der Waals surface area contributed by atoms with Crippen molar-refractivity contribution in [3.63, 3.8) is 0 Å². The summed E-state index contributed by atoms with van der Waals surface area (Å²) in [7, 11) is -2.40. The molecule has 12 nitrogen and oxygen atoms in total. The highest BCUT2D eigenvalue weighted by atomic mass is 32.2. The third-order valence-corrected chi connectivity index (χ3v) is 8.79. The monoisotopic (exact) mass is 610 g/mol. The summed E-state index contributed by atoms with van der Waals surface area (Å²) >= 11 is 0. The summed E-state index contributed by atoms with van der Waals surface area (Å²) in [4.78, 5) is 29.9. The lowest BCUT2D eigenvalue weighted by molar-refractivity contribution is 0.0373. The first-order valence-electron chi connectivity index (χ1n) is 13.8. The number of nitrogens with zero attached hydrogens (tertiary/aromatic N) is 2. The highest BCUT2D eigenvalue weighted by molar-refractivity contribution is 7.92. The number of benzene rings is 3. The van der Waals surface area contributed by atoms with Gasteiger partial charge in [-0.25, -0.2) is 13.2 Å². The Balaban J connectivity index is 1.44. The second-order valence-corrected chi connectivity index (χ2v) is 12.3. The highest BCUT2D eigenvalue weighted by Gasteiger charge is 2.35. The number of fused-ring (bicyclic) bond motifs is 2. The standard InChI is InChI=1S/C30H34N4O8S/c1-19-15-34(20(2)17-35)29(36)23-10-7-11-24(32-43(38,39)22-8-5-4-6-9-22)28(23)42-27(19)16-33(3)30(37)31-21-12-13-25-26(14-21)41-18-40-25/h4-14,19-20,27,32,35H,15-18H2,1-3H3,(H,31,37). The molecule has 2 aliphatic heterocycles. The van der Waals surface area contributed by atoms with Crippen LogP contribution < -0.4 is 24.2 Å². The Hall–Kier alpha value is -4.49. The number of aliphatic hydroxyl groups excluding tert-OH is 1. The predicted molar refractivity (Wildman–Crippen MR) is 159 cm³/mol. The number of rotatable bonds is 8. The van der Waals surface area contributed by atoms with Crippen LogP contribution in [0.15, 0.2) is 71.6 Å². The molecule has 0 aromatic heterocycles. The van der Waals surface area contributed by atoms with Gasteiger partial charge in [-0.15, -0.1) is 0 Å². The van der Waals surface area contributed by atoms with Crippen molar-refractivity contribution in [1.82, 2.24) is 9.80 Å². The number of hydrogen-bond donors (Lipinski definition) is 3. The van der Waals surface area contributed by atoms with E-state index in [2.05, 4.69) is 10.0 Å². The molecule has 3 aromatic rings. The van der Waals surface area contributed by atoms with Crippen molar-refractivity contribution in [1.29, 1.82) is 0 Å². The van der Waals surface area contributed by atoms with E-state index in [0.717, 1.165) is 0 Å². The van der Waals surface area contributed by atoms with Crippen LogP contribution >= 0.6 is 0 Å². The van der Waals surface area contributed by atoms with Gasteiger partial charge >= 0.3 is 6.03 Å². The molecule has 0 spiro atoms. The molecule has 13 heteroatoms. The maximum Gasteiger partial charge on any atom is 0.321 e. The second-order valence-electron chi connectivity index (χ2n) is 10.6. The number of aliphatic hydroxyl groups is 1. The van der Waals surface area contributed by atoms with Crippen LogP contribution in [0.5, 0.6) is 17.2 Å². The van der Waals surface area contributed by atoms with Gasteiger partial charge in [-0.2, -0.15) is 0 Å². The minimum absolute atomic E-state index is 0.0447. The minimum atomic E-state index is -4.01. The number of hydrogen-bond acceptors (Lipinski definition) is 8. The molecular weight excluding hydrogens is 576 g/mol. The van der Waals surface area contributed by atoms with E-state index in [0.29, 0.717) is 17.2 Å². The van der Waals surface area contributed by atoms with Gasteiger partial charge in [0.05, 0.1) is 35.3 Å². The zero-order chi connectivity index (χ0) is 30.7. The number of amides is 3. The van der Waals surface area contributed by atoms with Crippen LogP contribution in [-0.2, 0) is 10.0 Å². The Kier molecular flexibility index (Phi) is 8.64. The maximum absolute atomic E-state index is 13.7. The minimum Gasteiger partial charge on any atom is -0.485 e. The first kappa shape index (κ1) is 30.0. The second kappa shape index (κ2) is 12.4. The van der Waals surface area contributed by atoms with Crippen LogP contribution in [0.1, 0.15) is 24.2 Å². The Morgan fingerprint density at radius 3 is 2.58 bits per heavy atom. The lowest BCUT2D eigenvalue weighted by Crippen LogP contribution is -2.50. The topological polar surface area (TPSA) is 147 Å². The van der Waals surface area contributed by atoms with Crippen molar-refractivity contribution in [3.8, 4) is 17.2 Å². The molecule has 228 valence electrons. The van der Waals surface area contributed by atoms with Crippen molar-refractivity contribution in [3.05, 3.63) is 72.3 Å². The third-order valence-electron chi connectivity index (χ3n) is 7.41. The van der Waals surface area contributed by atoms with Gasteiger partial charge in [-0.3, -0.25) is 9.52 Å². The molecule has 0 aliphatic carbocycles. The molecule has 2 aliphatic rings. The number of carbonyl (C=O) groups excluding carboxylic acids is 2. The fourth-order valence-electron chi connectivity index (χ4n) is 4.89. The van der Waals surface area contributed by atoms with E-state index in [4.69, 9.17) is 14.2 Å². The number of likely N-dealkylation sites (N-methyl/N-ethyl adjacent to an activating group) is 1. The van der Waals surface area contributed by atoms with Crippen molar-refractivity contribution in [2.75, 3.05) is 43.6 Å². The molecule has 5 rings (SSSR count). The predicted octanol–water partition coefficient (Wildman–Crippen LogP) is 3.60. The number of nitrogens with one attached hydrogen (secondary N) is 2. The zero-order valence-corrected chi connectivity index (χ0v) is 24.8. The van der Waals surface area contributed by atoms with Crippen LogP contribution in [0.4, 0.5) is 16.2 Å². The summed E-state index contributed by atoms with van der Waals surface area (Å²) < 4.78 is 46.2. The van der Waals surface area contributed by atoms with Crippen LogP contribution in [0.3, 0.4) is 0 Å². The third kappa shape index (κ3) is 6.47. The van der Waals surface area contributed by atoms with Gasteiger partial charge in [0.2, 0.25) is 6.79 Å². The SMILES string of the molecule is CC1CN(C(C)CO)C(=O)c2cccc(NS(=O)(=O)c3ccccc3)c2OC1CN(C)C(=O)Nc1ccc2c(c1)OCO2. The average Bonchev–Trinajstić information content (AvgIpc) is 3.47. The molecule has 0 radical (unpaired) electrons. The lowest BCUT2D eigenvalue weighted by atomic mass is 9.99. The van der Waals surface area contributed by atoms with E-state index in [-0.39, 0.29) is 54.3 Å². The van der Waals surface area contributed by atoms with Crippen LogP contribution in [0.25, 0.3) is 0 Å². The Morgan fingerprint density at radius 1 is 1.09 bits per heavy atom. The fraction of sp³-hybridized carbons (Fsp3) is 0.333. The van der Waals surface area contributed by atoms with E-state index in [1.165, 1.54) is 23.1 Å². The molecule has 2 heterocycles. The molecule has 0 fully saturated rings. The van der Waals surface area contributed by atoms with Gasteiger partial charge in [0.25, 0.3) is 15.9 Å². The van der Waals surface area contributed by atoms with Crippen LogP contribution in [0, 0.1) is 5.92 Å². The summed E-state index contributed by atoms with van der Waals surface area (Å²) in [5.41, 5.74) is 0.736. The van der Waals surface area contributed by atoms with Gasteiger partial charge in [0.15, 0.2) is 17.2 Å². The number of carbonyl (C=O) groups is 2. The van der Waals surface area contributed by atoms with Crippen molar-refractivity contribution in [2.45, 2.75) is 30.9 Å². The molecule has 0 saturated carbocycles. The number of para-hydroxylation sites is 1. The lowest BCUT2D eigenvalue weighted by Gasteiger charge is -2.38. The Bertz CT molecular complexity index is 1600. The molecule has 0 bridgehead atoms. The summed E-state index contributed by atoms with van der Waals surface area (Å²) in [6.45, 7) is 3.80. The molecule has 3 N–H and O–H groups in total. The Morgan fingerprint density at radius 2 is 1.84 bits per heavy atom. The van der Waals surface area contributed by atoms with E-state index in [1.54, 1.807) is 67.4 Å². The number of sulfonamides is 1. The van der Waals surface area contributed by atoms with E-state index >= 15 is 0 Å². The van der Waals surface area contributed by atoms with Gasteiger partial charge in [0.1, 0.15) is 6.10 Å². The molecular formula is C30H34N4O8S. The Labute approximate surface area is 250 Å². The molecule has 3 unspecified atom stereocenters. The van der Waals surface area contributed by atoms with Crippen LogP contribution in [-0.4, -0.2) is 80.9 Å². The summed E-state index contributed by atoms with van der Waals surface area (Å²) in [6, 6.07) is 16.7. The van der Waals surface area contributed by atoms with Crippen molar-refractivity contribution in [2.24, 2.45) is 5.92 Å². The molecule has 3 aromatic carbocycles. The van der Waals surface area contributed by atoms with Gasteiger partial charge in [-0.05, 0) is 43.3 Å². The van der Waals surface area contributed by atoms with E-state index < -0.39 is 34.1 Å². The fourth-order valence-corrected chi connectivity index (χ4v) is 5.97.